The summed E-state index contributed by atoms with van der Waals surface area (Å²) in [6.07, 6.45) is 5.10. The fraction of sp³-hybridized carbons (Fsp3) is 0.538. The smallest absolute Gasteiger partial charge is 0.119 e. The van der Waals surface area contributed by atoms with Crippen molar-refractivity contribution in [2.45, 2.75) is 31.2 Å². The van der Waals surface area contributed by atoms with Crippen molar-refractivity contribution < 1.29 is 4.74 Å². The molecule has 1 heterocycles. The molecule has 1 aromatic rings. The summed E-state index contributed by atoms with van der Waals surface area (Å²) in [7, 11) is 1.74. The lowest BCUT2D eigenvalue weighted by molar-refractivity contribution is 0.177. The summed E-state index contributed by atoms with van der Waals surface area (Å²) >= 11 is 0. The van der Waals surface area contributed by atoms with Gasteiger partial charge in [-0.2, -0.15) is 0 Å². The van der Waals surface area contributed by atoms with Gasteiger partial charge in [0.2, 0.25) is 0 Å². The van der Waals surface area contributed by atoms with Crippen LogP contribution in [0.25, 0.3) is 0 Å². The Kier molecular flexibility index (Phi) is 1.99. The van der Waals surface area contributed by atoms with Gasteiger partial charge < -0.3 is 10.1 Å². The monoisotopic (exact) mass is 203 g/mol. The van der Waals surface area contributed by atoms with Crippen LogP contribution in [0.5, 0.6) is 5.75 Å². The highest BCUT2D eigenvalue weighted by Crippen LogP contribution is 2.42. The highest BCUT2D eigenvalue weighted by atomic mass is 16.5. The Morgan fingerprint density at radius 3 is 2.87 bits per heavy atom. The van der Waals surface area contributed by atoms with Crippen molar-refractivity contribution in [3.8, 4) is 5.75 Å². The molecule has 1 atom stereocenters. The molecule has 1 fully saturated rings. The zero-order valence-electron chi connectivity index (χ0n) is 9.18. The summed E-state index contributed by atoms with van der Waals surface area (Å²) in [5.41, 5.74) is 3.31. The first-order chi connectivity index (χ1) is 7.34. The van der Waals surface area contributed by atoms with Gasteiger partial charge in [0.25, 0.3) is 0 Å². The summed E-state index contributed by atoms with van der Waals surface area (Å²) in [5.74, 6) is 0.991. The number of hydrogen-bond acceptors (Lipinski definition) is 2. The lowest BCUT2D eigenvalue weighted by Gasteiger charge is -2.47. The minimum Gasteiger partial charge on any atom is -0.497 e. The van der Waals surface area contributed by atoms with E-state index in [1.807, 2.05) is 0 Å². The van der Waals surface area contributed by atoms with Gasteiger partial charge in [-0.25, -0.2) is 0 Å². The second-order valence-electron chi connectivity index (χ2n) is 4.64. The van der Waals surface area contributed by atoms with Gasteiger partial charge in [-0.3, -0.25) is 0 Å². The first kappa shape index (κ1) is 9.22. The van der Waals surface area contributed by atoms with Crippen LogP contribution in [0.15, 0.2) is 18.2 Å². The maximum Gasteiger partial charge on any atom is 0.119 e. The average Bonchev–Trinajstić information content (AvgIpc) is 2.25. The zero-order valence-corrected chi connectivity index (χ0v) is 9.18. The summed E-state index contributed by atoms with van der Waals surface area (Å²) < 4.78 is 5.28. The Balaban J connectivity index is 2.05. The predicted molar refractivity (Wildman–Crippen MR) is 60.2 cm³/mol. The first-order valence-corrected chi connectivity index (χ1v) is 5.76. The van der Waals surface area contributed by atoms with E-state index in [1.165, 1.54) is 43.4 Å². The molecule has 1 aromatic carbocycles. The van der Waals surface area contributed by atoms with Gasteiger partial charge in [0.15, 0.2) is 0 Å². The third-order valence-corrected chi connectivity index (χ3v) is 3.89. The van der Waals surface area contributed by atoms with Crippen LogP contribution in [0, 0.1) is 0 Å². The molecule has 15 heavy (non-hydrogen) atoms. The van der Waals surface area contributed by atoms with E-state index in [1.54, 1.807) is 7.11 Å². The number of fused-ring (bicyclic) bond motifs is 2. The van der Waals surface area contributed by atoms with Gasteiger partial charge in [0, 0.05) is 5.54 Å². The van der Waals surface area contributed by atoms with Crippen LogP contribution in [0.4, 0.5) is 0 Å². The van der Waals surface area contributed by atoms with Crippen molar-refractivity contribution in [3.63, 3.8) is 0 Å². The molecule has 2 nitrogen and oxygen atoms in total. The van der Waals surface area contributed by atoms with Crippen LogP contribution in [0.1, 0.15) is 30.4 Å². The third-order valence-electron chi connectivity index (χ3n) is 3.89. The van der Waals surface area contributed by atoms with Crippen molar-refractivity contribution in [2.24, 2.45) is 0 Å². The predicted octanol–water partition coefficient (Wildman–Crippen LogP) is 2.22. The van der Waals surface area contributed by atoms with Crippen molar-refractivity contribution >= 4 is 0 Å². The van der Waals surface area contributed by atoms with Crippen molar-refractivity contribution in [3.05, 3.63) is 29.3 Å². The molecule has 2 heteroatoms. The van der Waals surface area contributed by atoms with Crippen LogP contribution in [-0.2, 0) is 12.0 Å². The summed E-state index contributed by atoms with van der Waals surface area (Å²) in [4.78, 5) is 0. The number of rotatable bonds is 1. The van der Waals surface area contributed by atoms with E-state index in [0.717, 1.165) is 5.75 Å². The average molecular weight is 203 g/mol. The molecule has 1 spiro atoms. The van der Waals surface area contributed by atoms with Crippen LogP contribution in [0.2, 0.25) is 0 Å². The number of benzene rings is 1. The number of aryl methyl sites for hydroxylation is 1. The van der Waals surface area contributed by atoms with Crippen LogP contribution in [0.3, 0.4) is 0 Å². The second-order valence-corrected chi connectivity index (χ2v) is 4.64. The number of methoxy groups -OCH3 is 1. The molecule has 0 radical (unpaired) electrons. The Morgan fingerprint density at radius 1 is 1.33 bits per heavy atom. The molecular weight excluding hydrogens is 186 g/mol. The van der Waals surface area contributed by atoms with Gasteiger partial charge in [-0.05, 0) is 55.5 Å². The minimum absolute atomic E-state index is 0.319. The third kappa shape index (κ3) is 1.28. The van der Waals surface area contributed by atoms with Gasteiger partial charge in [0.1, 0.15) is 5.75 Å². The maximum atomic E-state index is 5.28. The zero-order chi connectivity index (χ0) is 10.3. The number of nitrogens with one attached hydrogen (secondary N) is 1. The second kappa shape index (κ2) is 3.24. The van der Waals surface area contributed by atoms with E-state index >= 15 is 0 Å². The Labute approximate surface area is 90.6 Å². The maximum absolute atomic E-state index is 5.28. The minimum atomic E-state index is 0.319. The van der Waals surface area contributed by atoms with E-state index in [9.17, 15) is 0 Å². The molecule has 80 valence electrons. The van der Waals surface area contributed by atoms with E-state index in [-0.39, 0.29) is 0 Å². The molecule has 1 aliphatic carbocycles. The standard InChI is InChI=1S/C13H17NO/c1-15-11-4-5-12-10(9-11)3-2-6-13(12)7-8-14-13/h4-5,9,14H,2-3,6-8H2,1H3/t13-/m0/s1. The summed E-state index contributed by atoms with van der Waals surface area (Å²) in [6.45, 7) is 1.17. The SMILES string of the molecule is COc1ccc2c(c1)CCC[C@]21CCN1. The van der Waals surface area contributed by atoms with Crippen LogP contribution < -0.4 is 10.1 Å². The summed E-state index contributed by atoms with van der Waals surface area (Å²) in [6, 6.07) is 6.54. The molecule has 1 aliphatic heterocycles. The molecule has 0 amide bonds. The van der Waals surface area contributed by atoms with Gasteiger partial charge in [-0.15, -0.1) is 0 Å². The van der Waals surface area contributed by atoms with Gasteiger partial charge in [-0.1, -0.05) is 6.07 Å². The topological polar surface area (TPSA) is 21.3 Å². The first-order valence-electron chi connectivity index (χ1n) is 5.76. The van der Waals surface area contributed by atoms with Gasteiger partial charge in [0.05, 0.1) is 7.11 Å². The van der Waals surface area contributed by atoms with E-state index in [0.29, 0.717) is 5.54 Å². The van der Waals surface area contributed by atoms with E-state index < -0.39 is 0 Å². The van der Waals surface area contributed by atoms with E-state index in [2.05, 4.69) is 23.5 Å². The summed E-state index contributed by atoms with van der Waals surface area (Å²) in [5, 5.41) is 3.61. The molecule has 0 aromatic heterocycles. The Hall–Kier alpha value is -1.02. The fourth-order valence-electron chi connectivity index (χ4n) is 2.96. The Morgan fingerprint density at radius 2 is 2.20 bits per heavy atom. The quantitative estimate of drug-likeness (QED) is 0.755. The van der Waals surface area contributed by atoms with Gasteiger partial charge >= 0.3 is 0 Å². The molecular formula is C13H17NO. The molecule has 0 unspecified atom stereocenters. The van der Waals surface area contributed by atoms with Crippen molar-refractivity contribution in [2.75, 3.05) is 13.7 Å². The largest absolute Gasteiger partial charge is 0.497 e. The molecule has 1 saturated heterocycles. The van der Waals surface area contributed by atoms with Crippen molar-refractivity contribution in [1.82, 2.24) is 5.32 Å². The lowest BCUT2D eigenvalue weighted by atomic mass is 9.71. The Bertz CT molecular complexity index is 382. The highest BCUT2D eigenvalue weighted by Gasteiger charge is 2.41. The fourth-order valence-corrected chi connectivity index (χ4v) is 2.96. The number of ether oxygens (including phenoxy) is 1. The van der Waals surface area contributed by atoms with Crippen LogP contribution >= 0.6 is 0 Å². The molecule has 0 bridgehead atoms. The molecule has 2 aliphatic rings. The molecule has 3 rings (SSSR count). The normalized spacial score (nSPS) is 28.3. The number of hydrogen-bond donors (Lipinski definition) is 1. The van der Waals surface area contributed by atoms with E-state index in [4.69, 9.17) is 4.74 Å². The van der Waals surface area contributed by atoms with Crippen molar-refractivity contribution in [1.29, 1.82) is 0 Å². The highest BCUT2D eigenvalue weighted by molar-refractivity contribution is 5.42. The van der Waals surface area contributed by atoms with Crippen LogP contribution in [-0.4, -0.2) is 13.7 Å². The lowest BCUT2D eigenvalue weighted by Crippen LogP contribution is -2.55. The molecule has 0 saturated carbocycles. The molecule has 1 N–H and O–H groups in total.